The van der Waals surface area contributed by atoms with Gasteiger partial charge in [0.25, 0.3) is 0 Å². The minimum atomic E-state index is -3.87. The molecule has 1 saturated heterocycles. The van der Waals surface area contributed by atoms with E-state index < -0.39 is 22.0 Å². The number of sulfonamides is 1. The summed E-state index contributed by atoms with van der Waals surface area (Å²) in [7, 11) is -3.87. The summed E-state index contributed by atoms with van der Waals surface area (Å²) in [5, 5.41) is 0. The Kier molecular flexibility index (Phi) is 4.32. The molecule has 0 radical (unpaired) electrons. The van der Waals surface area contributed by atoms with Crippen LogP contribution in [0.5, 0.6) is 0 Å². The van der Waals surface area contributed by atoms with Crippen LogP contribution in [0.25, 0.3) is 0 Å². The lowest BCUT2D eigenvalue weighted by Gasteiger charge is -2.35. The molecule has 1 aromatic rings. The summed E-state index contributed by atoms with van der Waals surface area (Å²) < 4.78 is 39.5. The van der Waals surface area contributed by atoms with Crippen molar-refractivity contribution in [3.8, 4) is 0 Å². The van der Waals surface area contributed by atoms with Gasteiger partial charge in [-0.3, -0.25) is 0 Å². The Morgan fingerprint density at radius 3 is 2.85 bits per heavy atom. The summed E-state index contributed by atoms with van der Waals surface area (Å²) in [5.41, 5.74) is 0. The number of isocyanates is 1. The highest BCUT2D eigenvalue weighted by Gasteiger charge is 2.37. The maximum Gasteiger partial charge on any atom is 0.245 e. The number of halogens is 1. The van der Waals surface area contributed by atoms with Gasteiger partial charge in [0.15, 0.2) is 0 Å². The van der Waals surface area contributed by atoms with Gasteiger partial charge in [-0.25, -0.2) is 17.6 Å². The van der Waals surface area contributed by atoms with E-state index in [1.165, 1.54) is 24.3 Å². The van der Waals surface area contributed by atoms with E-state index in [1.807, 2.05) is 6.92 Å². The molecule has 0 spiro atoms. The molecule has 0 amide bonds. The van der Waals surface area contributed by atoms with Gasteiger partial charge in [0, 0.05) is 6.54 Å². The van der Waals surface area contributed by atoms with Gasteiger partial charge in [-0.2, -0.15) is 9.30 Å². The highest BCUT2D eigenvalue weighted by molar-refractivity contribution is 7.89. The van der Waals surface area contributed by atoms with E-state index in [2.05, 4.69) is 4.99 Å². The first-order valence-electron chi connectivity index (χ1n) is 6.31. The van der Waals surface area contributed by atoms with Crippen molar-refractivity contribution in [1.82, 2.24) is 4.31 Å². The van der Waals surface area contributed by atoms with Gasteiger partial charge in [0.1, 0.15) is 12.0 Å². The molecule has 108 valence electrons. The largest absolute Gasteiger partial charge is 0.245 e. The van der Waals surface area contributed by atoms with Crippen molar-refractivity contribution in [3.05, 3.63) is 30.1 Å². The van der Waals surface area contributed by atoms with Crippen molar-refractivity contribution in [3.63, 3.8) is 0 Å². The average molecular weight is 298 g/mol. The number of aliphatic imine (C=N–C) groups is 1. The molecule has 7 heteroatoms. The van der Waals surface area contributed by atoms with Crippen LogP contribution in [-0.2, 0) is 14.8 Å². The monoisotopic (exact) mass is 298 g/mol. The van der Waals surface area contributed by atoms with E-state index in [4.69, 9.17) is 0 Å². The average Bonchev–Trinajstić information content (AvgIpc) is 2.41. The van der Waals surface area contributed by atoms with Crippen molar-refractivity contribution < 1.29 is 17.6 Å². The number of rotatable bonds is 3. The Labute approximate surface area is 117 Å². The van der Waals surface area contributed by atoms with E-state index in [-0.39, 0.29) is 17.4 Å². The van der Waals surface area contributed by atoms with Crippen LogP contribution in [0.3, 0.4) is 0 Å². The number of benzene rings is 1. The number of carbonyl (C=O) groups excluding carboxylic acids is 1. The first kappa shape index (κ1) is 14.8. The first-order chi connectivity index (χ1) is 9.46. The van der Waals surface area contributed by atoms with Crippen LogP contribution >= 0.6 is 0 Å². The molecule has 20 heavy (non-hydrogen) atoms. The summed E-state index contributed by atoms with van der Waals surface area (Å²) in [5.74, 6) is -0.694. The summed E-state index contributed by atoms with van der Waals surface area (Å²) in [6.07, 6.45) is 2.12. The smallest absolute Gasteiger partial charge is 0.211 e. The molecule has 0 aliphatic carbocycles. The minimum Gasteiger partial charge on any atom is -0.211 e. The molecule has 0 N–H and O–H groups in total. The zero-order valence-corrected chi connectivity index (χ0v) is 11.8. The second-order valence-electron chi connectivity index (χ2n) is 4.83. The van der Waals surface area contributed by atoms with Gasteiger partial charge < -0.3 is 0 Å². The summed E-state index contributed by atoms with van der Waals surface area (Å²) in [4.78, 5) is 14.0. The quantitative estimate of drug-likeness (QED) is 0.632. The Hall–Kier alpha value is -1.56. The predicted octanol–water partition coefficient (Wildman–Crippen LogP) is 1.91. The molecule has 2 atom stereocenters. The van der Waals surface area contributed by atoms with Gasteiger partial charge >= 0.3 is 0 Å². The third-order valence-corrected chi connectivity index (χ3v) is 5.30. The maximum atomic E-state index is 13.2. The minimum absolute atomic E-state index is 0.0754. The lowest BCUT2D eigenvalue weighted by molar-refractivity contribution is 0.194. The highest BCUT2D eigenvalue weighted by atomic mass is 32.2. The van der Waals surface area contributed by atoms with E-state index in [1.54, 1.807) is 0 Å². The van der Waals surface area contributed by atoms with E-state index in [0.29, 0.717) is 6.42 Å². The molecule has 1 fully saturated rings. The predicted molar refractivity (Wildman–Crippen MR) is 70.6 cm³/mol. The Morgan fingerprint density at radius 2 is 2.20 bits per heavy atom. The van der Waals surface area contributed by atoms with Gasteiger partial charge in [-0.1, -0.05) is 13.0 Å². The van der Waals surface area contributed by atoms with E-state index in [9.17, 15) is 17.6 Å². The number of nitrogens with zero attached hydrogens (tertiary/aromatic N) is 2. The lowest BCUT2D eigenvalue weighted by atomic mass is 9.98. The normalized spacial score (nSPS) is 24.1. The molecule has 1 heterocycles. The SMILES string of the molecule is CC1CCCN(S(=O)(=O)c2cccc(F)c2)C1N=C=O. The van der Waals surface area contributed by atoms with Crippen LogP contribution in [-0.4, -0.2) is 31.5 Å². The van der Waals surface area contributed by atoms with Crippen LogP contribution in [0.1, 0.15) is 19.8 Å². The Morgan fingerprint density at radius 1 is 1.45 bits per heavy atom. The van der Waals surface area contributed by atoms with Crippen LogP contribution in [0.2, 0.25) is 0 Å². The second-order valence-corrected chi connectivity index (χ2v) is 6.72. The zero-order chi connectivity index (χ0) is 14.8. The highest BCUT2D eigenvalue weighted by Crippen LogP contribution is 2.29. The molecule has 5 nitrogen and oxygen atoms in total. The Balaban J connectivity index is 2.43. The number of hydrogen-bond acceptors (Lipinski definition) is 4. The second kappa shape index (κ2) is 5.83. The molecular weight excluding hydrogens is 283 g/mol. The third kappa shape index (κ3) is 2.80. The fourth-order valence-corrected chi connectivity index (χ4v) is 4.10. The molecule has 1 aliphatic heterocycles. The molecule has 0 aromatic heterocycles. The fraction of sp³-hybridized carbons (Fsp3) is 0.462. The molecule has 2 unspecified atom stereocenters. The number of hydrogen-bond donors (Lipinski definition) is 0. The van der Waals surface area contributed by atoms with Crippen molar-refractivity contribution >= 4 is 16.1 Å². The lowest BCUT2D eigenvalue weighted by Crippen LogP contribution is -2.46. The summed E-state index contributed by atoms with van der Waals surface area (Å²) in [6, 6.07) is 4.82. The standard InChI is InChI=1S/C13H15FN2O3S/c1-10-4-3-7-16(13(10)15-9-17)20(18,19)12-6-2-5-11(14)8-12/h2,5-6,8,10,13H,3-4,7H2,1H3. The van der Waals surface area contributed by atoms with Crippen LogP contribution in [0, 0.1) is 11.7 Å². The van der Waals surface area contributed by atoms with E-state index in [0.717, 1.165) is 16.8 Å². The fourth-order valence-electron chi connectivity index (χ4n) is 2.41. The summed E-state index contributed by atoms with van der Waals surface area (Å²) >= 11 is 0. The van der Waals surface area contributed by atoms with Crippen molar-refractivity contribution in [2.75, 3.05) is 6.54 Å². The van der Waals surface area contributed by atoms with Crippen LogP contribution in [0.15, 0.2) is 34.2 Å². The van der Waals surface area contributed by atoms with Gasteiger partial charge in [0.2, 0.25) is 16.1 Å². The molecule has 1 aromatic carbocycles. The zero-order valence-electron chi connectivity index (χ0n) is 11.0. The van der Waals surface area contributed by atoms with Crippen LogP contribution in [0.4, 0.5) is 4.39 Å². The van der Waals surface area contributed by atoms with Gasteiger partial charge in [-0.15, -0.1) is 0 Å². The number of piperidine rings is 1. The first-order valence-corrected chi connectivity index (χ1v) is 7.75. The third-order valence-electron chi connectivity index (χ3n) is 3.43. The Bertz CT molecular complexity index is 641. The molecule has 1 aliphatic rings. The van der Waals surface area contributed by atoms with Gasteiger partial charge in [-0.05, 0) is 37.0 Å². The summed E-state index contributed by atoms with van der Waals surface area (Å²) in [6.45, 7) is 2.10. The van der Waals surface area contributed by atoms with Gasteiger partial charge in [0.05, 0.1) is 4.90 Å². The van der Waals surface area contributed by atoms with Crippen molar-refractivity contribution in [2.45, 2.75) is 30.8 Å². The molecule has 0 bridgehead atoms. The topological polar surface area (TPSA) is 66.8 Å². The molecule has 2 rings (SSSR count). The van der Waals surface area contributed by atoms with E-state index >= 15 is 0 Å². The molecular formula is C13H15FN2O3S. The van der Waals surface area contributed by atoms with Crippen molar-refractivity contribution in [2.24, 2.45) is 10.9 Å². The van der Waals surface area contributed by atoms with Crippen LogP contribution < -0.4 is 0 Å². The van der Waals surface area contributed by atoms with Crippen molar-refractivity contribution in [1.29, 1.82) is 0 Å². The maximum absolute atomic E-state index is 13.2. The molecule has 0 saturated carbocycles.